The second-order valence-electron chi connectivity index (χ2n) is 3.47. The molecule has 0 atom stereocenters. The Labute approximate surface area is 75.6 Å². The minimum atomic E-state index is 0.276. The maximum absolute atomic E-state index is 11.6. The molecular formula is C11H9NO. The molecule has 1 N–H and O–H groups in total. The highest BCUT2D eigenvalue weighted by atomic mass is 16.1. The summed E-state index contributed by atoms with van der Waals surface area (Å²) in [7, 11) is 0. The fourth-order valence-corrected chi connectivity index (χ4v) is 2.07. The largest absolute Gasteiger partial charge is 0.361 e. The highest BCUT2D eigenvalue weighted by molar-refractivity contribution is 6.10. The van der Waals surface area contributed by atoms with E-state index in [0.29, 0.717) is 6.42 Å². The van der Waals surface area contributed by atoms with Crippen molar-refractivity contribution in [3.8, 4) is 0 Å². The van der Waals surface area contributed by atoms with Gasteiger partial charge in [0.05, 0.1) is 0 Å². The lowest BCUT2D eigenvalue weighted by Crippen LogP contribution is -2.07. The van der Waals surface area contributed by atoms with Crippen molar-refractivity contribution in [2.75, 3.05) is 0 Å². The summed E-state index contributed by atoms with van der Waals surface area (Å²) >= 11 is 0. The number of aromatic amines is 1. The highest BCUT2D eigenvalue weighted by Gasteiger charge is 2.19. The maximum Gasteiger partial charge on any atom is 0.163 e. The van der Waals surface area contributed by atoms with Crippen LogP contribution >= 0.6 is 0 Å². The molecule has 1 aromatic heterocycles. The third-order valence-corrected chi connectivity index (χ3v) is 2.71. The van der Waals surface area contributed by atoms with Gasteiger partial charge in [-0.05, 0) is 18.1 Å². The van der Waals surface area contributed by atoms with Crippen molar-refractivity contribution < 1.29 is 4.79 Å². The van der Waals surface area contributed by atoms with Crippen LogP contribution in [0.1, 0.15) is 22.3 Å². The van der Waals surface area contributed by atoms with Gasteiger partial charge in [0, 0.05) is 29.1 Å². The van der Waals surface area contributed by atoms with Crippen LogP contribution in [0.5, 0.6) is 0 Å². The first-order valence-electron chi connectivity index (χ1n) is 4.48. The van der Waals surface area contributed by atoms with E-state index in [2.05, 4.69) is 4.98 Å². The Bertz CT molecular complexity index is 496. The summed E-state index contributed by atoms with van der Waals surface area (Å²) in [6, 6.07) is 5.86. The van der Waals surface area contributed by atoms with Gasteiger partial charge in [0.1, 0.15) is 0 Å². The maximum atomic E-state index is 11.6. The van der Waals surface area contributed by atoms with Crippen LogP contribution < -0.4 is 0 Å². The Morgan fingerprint density at radius 1 is 1.23 bits per heavy atom. The monoisotopic (exact) mass is 171 g/mol. The molecular weight excluding hydrogens is 162 g/mol. The predicted octanol–water partition coefficient (Wildman–Crippen LogP) is 2.30. The van der Waals surface area contributed by atoms with Crippen LogP contribution in [-0.2, 0) is 6.42 Å². The molecule has 0 bridgehead atoms. The third-order valence-electron chi connectivity index (χ3n) is 2.71. The lowest BCUT2D eigenvalue weighted by atomic mass is 9.92. The SMILES string of the molecule is O=C1CCc2c[nH]c3cccc1c23. The Hall–Kier alpha value is -1.57. The average Bonchev–Trinajstić information content (AvgIpc) is 2.57. The van der Waals surface area contributed by atoms with E-state index in [4.69, 9.17) is 0 Å². The van der Waals surface area contributed by atoms with Crippen LogP contribution in [0.3, 0.4) is 0 Å². The molecule has 0 amide bonds. The quantitative estimate of drug-likeness (QED) is 0.648. The lowest BCUT2D eigenvalue weighted by molar-refractivity contribution is 0.0982. The summed E-state index contributed by atoms with van der Waals surface area (Å²) in [5.74, 6) is 0.276. The van der Waals surface area contributed by atoms with Crippen molar-refractivity contribution in [3.63, 3.8) is 0 Å². The molecule has 1 aliphatic carbocycles. The summed E-state index contributed by atoms with van der Waals surface area (Å²) in [4.78, 5) is 14.7. The first-order chi connectivity index (χ1) is 6.36. The molecule has 0 saturated carbocycles. The fraction of sp³-hybridized carbons (Fsp3) is 0.182. The zero-order chi connectivity index (χ0) is 8.84. The van der Waals surface area contributed by atoms with Crippen LogP contribution in [-0.4, -0.2) is 10.8 Å². The Morgan fingerprint density at radius 3 is 3.08 bits per heavy atom. The van der Waals surface area contributed by atoms with Gasteiger partial charge in [-0.2, -0.15) is 0 Å². The van der Waals surface area contributed by atoms with Crippen LogP contribution in [0.15, 0.2) is 24.4 Å². The Kier molecular flexibility index (Phi) is 1.18. The number of aromatic nitrogens is 1. The smallest absolute Gasteiger partial charge is 0.163 e. The van der Waals surface area contributed by atoms with Crippen LogP contribution in [0.25, 0.3) is 10.9 Å². The molecule has 0 fully saturated rings. The minimum absolute atomic E-state index is 0.276. The van der Waals surface area contributed by atoms with Crippen LogP contribution in [0.4, 0.5) is 0 Å². The first kappa shape index (κ1) is 6.89. The standard InChI is InChI=1S/C11H9NO/c13-10-5-4-7-6-12-9-3-1-2-8(10)11(7)9/h1-3,6,12H,4-5H2. The number of ketones is 1. The van der Waals surface area contributed by atoms with Crippen molar-refractivity contribution in [2.24, 2.45) is 0 Å². The molecule has 1 heterocycles. The second kappa shape index (κ2) is 2.22. The Morgan fingerprint density at radius 2 is 2.15 bits per heavy atom. The van der Waals surface area contributed by atoms with Gasteiger partial charge < -0.3 is 4.98 Å². The molecule has 0 unspecified atom stereocenters. The lowest BCUT2D eigenvalue weighted by Gasteiger charge is -2.10. The topological polar surface area (TPSA) is 32.9 Å². The number of nitrogens with one attached hydrogen (secondary N) is 1. The van der Waals surface area contributed by atoms with Gasteiger partial charge in [-0.3, -0.25) is 4.79 Å². The summed E-state index contributed by atoms with van der Waals surface area (Å²) in [5.41, 5.74) is 3.26. The minimum Gasteiger partial charge on any atom is -0.361 e. The average molecular weight is 171 g/mol. The van der Waals surface area contributed by atoms with Crippen molar-refractivity contribution in [3.05, 3.63) is 35.5 Å². The predicted molar refractivity (Wildman–Crippen MR) is 51.0 cm³/mol. The molecule has 64 valence electrons. The Balaban J connectivity index is 2.52. The van der Waals surface area contributed by atoms with Gasteiger partial charge in [0.2, 0.25) is 0 Å². The van der Waals surface area contributed by atoms with E-state index in [0.717, 1.165) is 22.9 Å². The van der Waals surface area contributed by atoms with E-state index in [1.165, 1.54) is 5.56 Å². The molecule has 2 heteroatoms. The molecule has 13 heavy (non-hydrogen) atoms. The van der Waals surface area contributed by atoms with E-state index >= 15 is 0 Å². The van der Waals surface area contributed by atoms with E-state index < -0.39 is 0 Å². The summed E-state index contributed by atoms with van der Waals surface area (Å²) < 4.78 is 0. The summed E-state index contributed by atoms with van der Waals surface area (Å²) in [5, 5.41) is 1.14. The fourth-order valence-electron chi connectivity index (χ4n) is 2.07. The van der Waals surface area contributed by atoms with E-state index in [1.54, 1.807) is 0 Å². The molecule has 1 aromatic carbocycles. The highest BCUT2D eigenvalue weighted by Crippen LogP contribution is 2.28. The molecule has 0 aliphatic heterocycles. The van der Waals surface area contributed by atoms with Crippen molar-refractivity contribution in [2.45, 2.75) is 12.8 Å². The summed E-state index contributed by atoms with van der Waals surface area (Å²) in [6.07, 6.45) is 3.56. The number of H-pyrrole nitrogens is 1. The van der Waals surface area contributed by atoms with Gasteiger partial charge in [-0.1, -0.05) is 12.1 Å². The van der Waals surface area contributed by atoms with Gasteiger partial charge in [-0.25, -0.2) is 0 Å². The number of carbonyl (C=O) groups is 1. The molecule has 1 aliphatic rings. The number of hydrogen-bond acceptors (Lipinski definition) is 1. The van der Waals surface area contributed by atoms with Crippen LogP contribution in [0, 0.1) is 0 Å². The zero-order valence-electron chi connectivity index (χ0n) is 7.13. The summed E-state index contributed by atoms with van der Waals surface area (Å²) in [6.45, 7) is 0. The van der Waals surface area contributed by atoms with Crippen molar-refractivity contribution in [1.82, 2.24) is 4.98 Å². The van der Waals surface area contributed by atoms with Gasteiger partial charge in [0.15, 0.2) is 5.78 Å². The molecule has 3 rings (SSSR count). The number of hydrogen-bond donors (Lipinski definition) is 1. The third kappa shape index (κ3) is 0.800. The molecule has 0 spiro atoms. The number of aryl methyl sites for hydroxylation is 1. The number of carbonyl (C=O) groups excluding carboxylic acids is 1. The van der Waals surface area contributed by atoms with E-state index in [9.17, 15) is 4.79 Å². The van der Waals surface area contributed by atoms with Crippen LogP contribution in [0.2, 0.25) is 0 Å². The van der Waals surface area contributed by atoms with Gasteiger partial charge in [0.25, 0.3) is 0 Å². The van der Waals surface area contributed by atoms with E-state index in [-0.39, 0.29) is 5.78 Å². The van der Waals surface area contributed by atoms with Gasteiger partial charge in [-0.15, -0.1) is 0 Å². The molecule has 0 saturated heterocycles. The first-order valence-corrected chi connectivity index (χ1v) is 4.48. The molecule has 0 radical (unpaired) electrons. The second-order valence-corrected chi connectivity index (χ2v) is 3.47. The number of benzene rings is 1. The van der Waals surface area contributed by atoms with Crippen molar-refractivity contribution >= 4 is 16.7 Å². The molecule has 2 aromatic rings. The normalized spacial score (nSPS) is 15.2. The van der Waals surface area contributed by atoms with E-state index in [1.807, 2.05) is 24.4 Å². The van der Waals surface area contributed by atoms with Gasteiger partial charge >= 0.3 is 0 Å². The number of rotatable bonds is 0. The van der Waals surface area contributed by atoms with Crippen molar-refractivity contribution in [1.29, 1.82) is 0 Å². The molecule has 2 nitrogen and oxygen atoms in total. The zero-order valence-corrected chi connectivity index (χ0v) is 7.13. The number of Topliss-reactive ketones (excluding diaryl/α,β-unsaturated/α-hetero) is 1.